The lowest BCUT2D eigenvalue weighted by Gasteiger charge is -2.15. The monoisotopic (exact) mass is 269 g/mol. The molecule has 3 N–H and O–H groups in total. The first-order valence-corrected chi connectivity index (χ1v) is 5.59. The van der Waals surface area contributed by atoms with Gasteiger partial charge in [0.05, 0.1) is 24.8 Å². The molecule has 7 heteroatoms. The molecule has 1 aliphatic heterocycles. The molecular formula is C12H12FNO5. The molecule has 2 rings (SSSR count). The van der Waals surface area contributed by atoms with Gasteiger partial charge in [-0.15, -0.1) is 0 Å². The van der Waals surface area contributed by atoms with E-state index in [0.717, 1.165) is 12.1 Å². The molecule has 0 saturated carbocycles. The Hall–Kier alpha value is -2.15. The van der Waals surface area contributed by atoms with Crippen molar-refractivity contribution in [2.24, 2.45) is 5.92 Å². The molecule has 0 bridgehead atoms. The van der Waals surface area contributed by atoms with E-state index in [1.807, 2.05) is 0 Å². The summed E-state index contributed by atoms with van der Waals surface area (Å²) in [6, 6.07) is 2.43. The fourth-order valence-electron chi connectivity index (χ4n) is 1.87. The van der Waals surface area contributed by atoms with Crippen LogP contribution in [0.15, 0.2) is 18.2 Å². The number of hydrogen-bond acceptors (Lipinski definition) is 4. The van der Waals surface area contributed by atoms with Gasteiger partial charge >= 0.3 is 5.97 Å². The third-order valence-corrected chi connectivity index (χ3v) is 2.91. The quantitative estimate of drug-likeness (QED) is 0.736. The number of carboxylic acid groups (broad SMARTS) is 1. The van der Waals surface area contributed by atoms with E-state index < -0.39 is 29.7 Å². The topological polar surface area (TPSA) is 95.9 Å². The van der Waals surface area contributed by atoms with Gasteiger partial charge in [0.15, 0.2) is 0 Å². The van der Waals surface area contributed by atoms with Crippen LogP contribution in [0.4, 0.5) is 4.39 Å². The Bertz CT molecular complexity index is 519. The van der Waals surface area contributed by atoms with Gasteiger partial charge in [-0.3, -0.25) is 9.59 Å². The lowest BCUT2D eigenvalue weighted by molar-refractivity contribution is -0.142. The number of rotatable bonds is 3. The van der Waals surface area contributed by atoms with Gasteiger partial charge in [0.25, 0.3) is 5.91 Å². The van der Waals surface area contributed by atoms with E-state index >= 15 is 0 Å². The second-order valence-electron chi connectivity index (χ2n) is 4.23. The minimum atomic E-state index is -1.08. The van der Waals surface area contributed by atoms with Crippen molar-refractivity contribution in [2.75, 3.05) is 13.2 Å². The third kappa shape index (κ3) is 2.82. The number of aromatic hydroxyl groups is 1. The molecule has 6 nitrogen and oxygen atoms in total. The predicted molar refractivity (Wildman–Crippen MR) is 61.3 cm³/mol. The highest BCUT2D eigenvalue weighted by molar-refractivity contribution is 5.95. The van der Waals surface area contributed by atoms with E-state index in [4.69, 9.17) is 14.9 Å². The maximum atomic E-state index is 13.5. The Morgan fingerprint density at radius 1 is 1.37 bits per heavy atom. The molecule has 0 aliphatic carbocycles. The van der Waals surface area contributed by atoms with Gasteiger partial charge in [0.2, 0.25) is 0 Å². The third-order valence-electron chi connectivity index (χ3n) is 2.91. The Balaban J connectivity index is 2.10. The molecule has 1 aromatic rings. The molecule has 1 saturated heterocycles. The van der Waals surface area contributed by atoms with Crippen LogP contribution in [0, 0.1) is 11.7 Å². The van der Waals surface area contributed by atoms with Crippen molar-refractivity contribution >= 4 is 11.9 Å². The second-order valence-corrected chi connectivity index (χ2v) is 4.23. The van der Waals surface area contributed by atoms with Crippen molar-refractivity contribution in [1.82, 2.24) is 5.32 Å². The van der Waals surface area contributed by atoms with Crippen LogP contribution in [0.2, 0.25) is 0 Å². The minimum absolute atomic E-state index is 0.0122. The summed E-state index contributed by atoms with van der Waals surface area (Å²) in [7, 11) is 0. The Morgan fingerprint density at radius 2 is 2.11 bits per heavy atom. The van der Waals surface area contributed by atoms with Crippen molar-refractivity contribution in [1.29, 1.82) is 0 Å². The maximum absolute atomic E-state index is 13.5. The zero-order chi connectivity index (χ0) is 14.0. The van der Waals surface area contributed by atoms with E-state index in [2.05, 4.69) is 5.32 Å². The molecule has 1 fully saturated rings. The van der Waals surface area contributed by atoms with E-state index in [-0.39, 0.29) is 24.5 Å². The summed E-state index contributed by atoms with van der Waals surface area (Å²) in [5.74, 6) is -3.82. The highest BCUT2D eigenvalue weighted by Gasteiger charge is 2.35. The van der Waals surface area contributed by atoms with Crippen LogP contribution in [0.25, 0.3) is 0 Å². The number of phenolic OH excluding ortho intramolecular Hbond substituents is 1. The highest BCUT2D eigenvalue weighted by Crippen LogP contribution is 2.17. The number of carbonyl (C=O) groups excluding carboxylic acids is 1. The van der Waals surface area contributed by atoms with Crippen molar-refractivity contribution in [3.63, 3.8) is 0 Å². The number of amides is 1. The van der Waals surface area contributed by atoms with Crippen LogP contribution in [-0.2, 0) is 9.53 Å². The highest BCUT2D eigenvalue weighted by atomic mass is 19.1. The smallest absolute Gasteiger partial charge is 0.311 e. The lowest BCUT2D eigenvalue weighted by Crippen LogP contribution is -2.42. The largest absolute Gasteiger partial charge is 0.508 e. The van der Waals surface area contributed by atoms with Gasteiger partial charge < -0.3 is 20.3 Å². The van der Waals surface area contributed by atoms with Crippen LogP contribution in [0.5, 0.6) is 5.75 Å². The van der Waals surface area contributed by atoms with E-state index in [1.54, 1.807) is 0 Å². The van der Waals surface area contributed by atoms with Crippen LogP contribution in [0.3, 0.4) is 0 Å². The maximum Gasteiger partial charge on any atom is 0.311 e. The molecule has 0 aromatic heterocycles. The van der Waals surface area contributed by atoms with Crippen molar-refractivity contribution in [3.8, 4) is 5.75 Å². The van der Waals surface area contributed by atoms with Gasteiger partial charge in [-0.25, -0.2) is 4.39 Å². The average molecular weight is 269 g/mol. The van der Waals surface area contributed by atoms with Gasteiger partial charge in [-0.2, -0.15) is 0 Å². The molecule has 2 atom stereocenters. The van der Waals surface area contributed by atoms with Crippen LogP contribution >= 0.6 is 0 Å². The Kier molecular flexibility index (Phi) is 3.66. The van der Waals surface area contributed by atoms with Crippen molar-refractivity contribution in [2.45, 2.75) is 6.04 Å². The first kappa shape index (κ1) is 13.3. The van der Waals surface area contributed by atoms with Crippen molar-refractivity contribution < 1.29 is 28.9 Å². The van der Waals surface area contributed by atoms with Crippen LogP contribution < -0.4 is 5.32 Å². The molecule has 1 aliphatic rings. The zero-order valence-corrected chi connectivity index (χ0v) is 9.80. The molecule has 2 unspecified atom stereocenters. The van der Waals surface area contributed by atoms with Gasteiger partial charge in [0, 0.05) is 6.07 Å². The molecule has 102 valence electrons. The normalized spacial score (nSPS) is 22.2. The Labute approximate surface area is 107 Å². The number of phenols is 1. The van der Waals surface area contributed by atoms with E-state index in [1.165, 1.54) is 6.07 Å². The summed E-state index contributed by atoms with van der Waals surface area (Å²) in [5.41, 5.74) is -0.256. The van der Waals surface area contributed by atoms with Gasteiger partial charge in [-0.1, -0.05) is 0 Å². The summed E-state index contributed by atoms with van der Waals surface area (Å²) in [6.07, 6.45) is 0. The number of carbonyl (C=O) groups is 2. The van der Waals surface area contributed by atoms with Crippen LogP contribution in [-0.4, -0.2) is 41.3 Å². The van der Waals surface area contributed by atoms with Crippen LogP contribution in [0.1, 0.15) is 10.4 Å². The SMILES string of the molecule is O=C(NC1COCC1C(=O)O)c1ccc(O)cc1F. The first-order valence-electron chi connectivity index (χ1n) is 5.59. The standard InChI is InChI=1S/C12H12FNO5/c13-9-3-6(15)1-2-7(9)11(16)14-10-5-19-4-8(10)12(17)18/h1-3,8,10,15H,4-5H2,(H,14,16)(H,17,18). The molecular weight excluding hydrogens is 257 g/mol. The minimum Gasteiger partial charge on any atom is -0.508 e. The molecule has 1 amide bonds. The number of ether oxygens (including phenoxy) is 1. The van der Waals surface area contributed by atoms with E-state index in [0.29, 0.717) is 0 Å². The predicted octanol–water partition coefficient (Wildman–Crippen LogP) is 0.361. The number of nitrogens with one attached hydrogen (secondary N) is 1. The van der Waals surface area contributed by atoms with Crippen molar-refractivity contribution in [3.05, 3.63) is 29.6 Å². The molecule has 1 heterocycles. The first-order chi connectivity index (χ1) is 8.99. The summed E-state index contributed by atoms with van der Waals surface area (Å²) in [4.78, 5) is 22.7. The lowest BCUT2D eigenvalue weighted by atomic mass is 10.0. The second kappa shape index (κ2) is 5.23. The summed E-state index contributed by atoms with van der Waals surface area (Å²) in [5, 5.41) is 20.4. The fraction of sp³-hybridized carbons (Fsp3) is 0.333. The van der Waals surface area contributed by atoms with E-state index in [9.17, 15) is 14.0 Å². The molecule has 0 spiro atoms. The summed E-state index contributed by atoms with van der Waals surface area (Å²) >= 11 is 0. The fourth-order valence-corrected chi connectivity index (χ4v) is 1.87. The average Bonchev–Trinajstić information content (AvgIpc) is 2.76. The number of halogens is 1. The number of benzene rings is 1. The zero-order valence-electron chi connectivity index (χ0n) is 9.80. The molecule has 19 heavy (non-hydrogen) atoms. The summed E-state index contributed by atoms with van der Waals surface area (Å²) < 4.78 is 18.4. The molecule has 0 radical (unpaired) electrons. The number of carboxylic acids is 1. The number of hydrogen-bond donors (Lipinski definition) is 3. The molecule has 1 aromatic carbocycles. The Morgan fingerprint density at radius 3 is 2.74 bits per heavy atom. The summed E-state index contributed by atoms with van der Waals surface area (Å²) in [6.45, 7) is 0.0841. The number of aliphatic carboxylic acids is 1. The van der Waals surface area contributed by atoms with Gasteiger partial charge in [-0.05, 0) is 12.1 Å². The van der Waals surface area contributed by atoms with Gasteiger partial charge in [0.1, 0.15) is 17.5 Å².